The fourth-order valence-electron chi connectivity index (χ4n) is 2.21. The van der Waals surface area contributed by atoms with Crippen molar-refractivity contribution in [3.63, 3.8) is 0 Å². The van der Waals surface area contributed by atoms with Gasteiger partial charge < -0.3 is 10.1 Å². The fraction of sp³-hybridized carbons (Fsp3) is 0.667. The molecule has 2 heteroatoms. The predicted octanol–water partition coefficient (Wildman–Crippen LogP) is 4.58. The normalized spacial score (nSPS) is 10.7. The number of rotatable bonds is 12. The molecule has 0 atom stereocenters. The van der Waals surface area contributed by atoms with Gasteiger partial charge >= 0.3 is 0 Å². The van der Waals surface area contributed by atoms with Crippen LogP contribution in [0.15, 0.2) is 24.3 Å². The van der Waals surface area contributed by atoms with Crippen molar-refractivity contribution < 1.29 is 4.74 Å². The minimum atomic E-state index is 0.843. The minimum absolute atomic E-state index is 0.843. The lowest BCUT2D eigenvalue weighted by Crippen LogP contribution is -2.13. The maximum atomic E-state index is 5.78. The molecule has 0 saturated carbocycles. The molecule has 1 N–H and O–H groups in total. The summed E-state index contributed by atoms with van der Waals surface area (Å²) >= 11 is 0. The Hall–Kier alpha value is -1.02. The van der Waals surface area contributed by atoms with Crippen molar-refractivity contribution in [3.8, 4) is 5.75 Å². The molecule has 0 heterocycles. The number of unbranched alkanes of at least 4 members (excludes halogenated alkanes) is 4. The van der Waals surface area contributed by atoms with E-state index < -0.39 is 0 Å². The first-order valence-corrected chi connectivity index (χ1v) is 8.29. The summed E-state index contributed by atoms with van der Waals surface area (Å²) in [5.41, 5.74) is 1.42. The second-order valence-electron chi connectivity index (χ2n) is 5.36. The van der Waals surface area contributed by atoms with Gasteiger partial charge in [-0.25, -0.2) is 0 Å². The first-order valence-electron chi connectivity index (χ1n) is 8.29. The lowest BCUT2D eigenvalue weighted by Gasteiger charge is -2.07. The van der Waals surface area contributed by atoms with Crippen LogP contribution in [-0.2, 0) is 6.42 Å². The molecular weight excluding hydrogens is 246 g/mol. The highest BCUT2D eigenvalue weighted by Crippen LogP contribution is 2.14. The molecule has 0 bridgehead atoms. The van der Waals surface area contributed by atoms with Gasteiger partial charge in [-0.1, -0.05) is 45.2 Å². The van der Waals surface area contributed by atoms with Crippen LogP contribution in [0.4, 0.5) is 0 Å². The van der Waals surface area contributed by atoms with E-state index in [4.69, 9.17) is 4.74 Å². The number of hydrogen-bond donors (Lipinski definition) is 1. The highest BCUT2D eigenvalue weighted by molar-refractivity contribution is 5.27. The molecule has 0 aromatic heterocycles. The van der Waals surface area contributed by atoms with E-state index in [1.165, 1.54) is 44.1 Å². The number of nitrogens with one attached hydrogen (secondary N) is 1. The molecule has 0 aliphatic rings. The van der Waals surface area contributed by atoms with E-state index in [0.717, 1.165) is 31.9 Å². The third-order valence-corrected chi connectivity index (χ3v) is 3.51. The van der Waals surface area contributed by atoms with E-state index in [0.29, 0.717) is 0 Å². The third-order valence-electron chi connectivity index (χ3n) is 3.51. The Morgan fingerprint density at radius 1 is 0.900 bits per heavy atom. The summed E-state index contributed by atoms with van der Waals surface area (Å²) in [7, 11) is 0. The van der Waals surface area contributed by atoms with Crippen LogP contribution in [0, 0.1) is 0 Å². The molecule has 114 valence electrons. The molecule has 0 radical (unpaired) electrons. The topological polar surface area (TPSA) is 21.3 Å². The van der Waals surface area contributed by atoms with Gasteiger partial charge in [-0.15, -0.1) is 0 Å². The molecule has 0 saturated heterocycles. The molecule has 2 nitrogen and oxygen atoms in total. The van der Waals surface area contributed by atoms with E-state index in [2.05, 4.69) is 43.4 Å². The predicted molar refractivity (Wildman–Crippen MR) is 87.6 cm³/mol. The van der Waals surface area contributed by atoms with Crippen molar-refractivity contribution in [2.24, 2.45) is 0 Å². The molecule has 0 amide bonds. The maximum absolute atomic E-state index is 5.78. The summed E-state index contributed by atoms with van der Waals surface area (Å²) in [5, 5.41) is 3.35. The minimum Gasteiger partial charge on any atom is -0.494 e. The Morgan fingerprint density at radius 2 is 1.65 bits per heavy atom. The first kappa shape index (κ1) is 17.0. The third kappa shape index (κ3) is 8.21. The Balaban J connectivity index is 2.04. The lowest BCUT2D eigenvalue weighted by molar-refractivity contribution is 0.304. The summed E-state index contributed by atoms with van der Waals surface area (Å²) in [5.74, 6) is 1.01. The summed E-state index contributed by atoms with van der Waals surface area (Å²) in [6.07, 6.45) is 8.71. The Bertz CT molecular complexity index is 321. The lowest BCUT2D eigenvalue weighted by atomic mass is 10.1. The number of aryl methyl sites for hydroxylation is 1. The summed E-state index contributed by atoms with van der Waals surface area (Å²) in [6, 6.07) is 8.61. The molecule has 1 aromatic carbocycles. The SMILES string of the molecule is CCCCc1ccc(OCCCCCCNCC)cc1. The zero-order chi connectivity index (χ0) is 14.5. The van der Waals surface area contributed by atoms with Crippen LogP contribution in [0.3, 0.4) is 0 Å². The van der Waals surface area contributed by atoms with E-state index in [-0.39, 0.29) is 0 Å². The van der Waals surface area contributed by atoms with Crippen molar-refractivity contribution in [1.82, 2.24) is 5.32 Å². The highest BCUT2D eigenvalue weighted by Gasteiger charge is 1.96. The molecule has 1 rings (SSSR count). The quantitative estimate of drug-likeness (QED) is 0.565. The van der Waals surface area contributed by atoms with Gasteiger partial charge in [0.05, 0.1) is 6.61 Å². The van der Waals surface area contributed by atoms with Gasteiger partial charge in [0.15, 0.2) is 0 Å². The van der Waals surface area contributed by atoms with Crippen molar-refractivity contribution in [1.29, 1.82) is 0 Å². The van der Waals surface area contributed by atoms with Gasteiger partial charge in [0.1, 0.15) is 5.75 Å². The largest absolute Gasteiger partial charge is 0.494 e. The molecule has 20 heavy (non-hydrogen) atoms. The zero-order valence-corrected chi connectivity index (χ0v) is 13.3. The van der Waals surface area contributed by atoms with Crippen LogP contribution in [0.5, 0.6) is 5.75 Å². The van der Waals surface area contributed by atoms with E-state index in [1.807, 2.05) is 0 Å². The van der Waals surface area contributed by atoms with Crippen LogP contribution in [0.1, 0.15) is 57.9 Å². The van der Waals surface area contributed by atoms with Crippen LogP contribution < -0.4 is 10.1 Å². The second-order valence-corrected chi connectivity index (χ2v) is 5.36. The van der Waals surface area contributed by atoms with Gasteiger partial charge in [-0.05, 0) is 56.5 Å². The number of benzene rings is 1. The maximum Gasteiger partial charge on any atom is 0.119 e. The smallest absolute Gasteiger partial charge is 0.119 e. The summed E-state index contributed by atoms with van der Waals surface area (Å²) in [4.78, 5) is 0. The summed E-state index contributed by atoms with van der Waals surface area (Å²) in [6.45, 7) is 7.46. The fourth-order valence-corrected chi connectivity index (χ4v) is 2.21. The highest BCUT2D eigenvalue weighted by atomic mass is 16.5. The van der Waals surface area contributed by atoms with Gasteiger partial charge in [0, 0.05) is 0 Å². The number of hydrogen-bond acceptors (Lipinski definition) is 2. The molecule has 0 fully saturated rings. The monoisotopic (exact) mass is 277 g/mol. The van der Waals surface area contributed by atoms with Crippen molar-refractivity contribution in [2.75, 3.05) is 19.7 Å². The average Bonchev–Trinajstić information content (AvgIpc) is 2.49. The average molecular weight is 277 g/mol. The summed E-state index contributed by atoms with van der Waals surface area (Å²) < 4.78 is 5.78. The second kappa shape index (κ2) is 11.8. The Kier molecular flexibility index (Phi) is 10.0. The van der Waals surface area contributed by atoms with Gasteiger partial charge in [-0.2, -0.15) is 0 Å². The van der Waals surface area contributed by atoms with Gasteiger partial charge in [-0.3, -0.25) is 0 Å². The van der Waals surface area contributed by atoms with E-state index in [9.17, 15) is 0 Å². The van der Waals surface area contributed by atoms with Crippen LogP contribution in [-0.4, -0.2) is 19.7 Å². The van der Waals surface area contributed by atoms with Crippen molar-refractivity contribution in [3.05, 3.63) is 29.8 Å². The van der Waals surface area contributed by atoms with Crippen molar-refractivity contribution >= 4 is 0 Å². The molecule has 0 aliphatic heterocycles. The van der Waals surface area contributed by atoms with Crippen LogP contribution in [0.25, 0.3) is 0 Å². The molecular formula is C18H31NO. The Labute approximate surface area is 124 Å². The molecule has 1 aromatic rings. The van der Waals surface area contributed by atoms with Gasteiger partial charge in [0.2, 0.25) is 0 Å². The van der Waals surface area contributed by atoms with E-state index >= 15 is 0 Å². The molecule has 0 unspecified atom stereocenters. The molecule has 0 aliphatic carbocycles. The standard InChI is InChI=1S/C18H31NO/c1-3-5-10-17-11-13-18(14-12-17)20-16-9-7-6-8-15-19-4-2/h11-14,19H,3-10,15-16H2,1-2H3. The zero-order valence-electron chi connectivity index (χ0n) is 13.3. The van der Waals surface area contributed by atoms with Gasteiger partial charge in [0.25, 0.3) is 0 Å². The molecule has 0 spiro atoms. The Morgan fingerprint density at radius 3 is 2.35 bits per heavy atom. The van der Waals surface area contributed by atoms with Crippen LogP contribution in [0.2, 0.25) is 0 Å². The first-order chi connectivity index (χ1) is 9.86. The van der Waals surface area contributed by atoms with Crippen molar-refractivity contribution in [2.45, 2.75) is 58.8 Å². The number of ether oxygens (including phenoxy) is 1. The van der Waals surface area contributed by atoms with E-state index in [1.54, 1.807) is 0 Å². The van der Waals surface area contributed by atoms with Crippen LogP contribution >= 0.6 is 0 Å².